The van der Waals surface area contributed by atoms with Crippen molar-refractivity contribution >= 4 is 33.3 Å². The molecule has 0 spiro atoms. The molecule has 1 aliphatic carbocycles. The van der Waals surface area contributed by atoms with E-state index in [9.17, 15) is 9.59 Å². The van der Waals surface area contributed by atoms with Gasteiger partial charge in [-0.15, -0.1) is 0 Å². The summed E-state index contributed by atoms with van der Waals surface area (Å²) in [5, 5.41) is 5.96. The number of para-hydroxylation sites is 1. The van der Waals surface area contributed by atoms with Crippen LogP contribution < -0.4 is 10.9 Å². The van der Waals surface area contributed by atoms with Crippen molar-refractivity contribution in [1.29, 1.82) is 0 Å². The monoisotopic (exact) mass is 369 g/mol. The van der Waals surface area contributed by atoms with Crippen LogP contribution in [-0.4, -0.2) is 15.9 Å². The van der Waals surface area contributed by atoms with Crippen LogP contribution in [0, 0.1) is 0 Å². The standard InChI is InChI=1S/C23H19N3O2/c27-21(13-12-20-24-18-7-2-1-5-17(18)23(28)26-20)25-19-11-10-15-9-8-14-4-3-6-16(19)22(14)15/h1-7,10-11H,8-9,12-13H2,(H,25,27)(H,24,26,28). The summed E-state index contributed by atoms with van der Waals surface area (Å²) in [4.78, 5) is 31.9. The average molecular weight is 369 g/mol. The van der Waals surface area contributed by atoms with Crippen molar-refractivity contribution in [3.05, 3.63) is 81.9 Å². The predicted octanol–water partition coefficient (Wildman–Crippen LogP) is 3.75. The Morgan fingerprint density at radius 3 is 2.64 bits per heavy atom. The second-order valence-corrected chi connectivity index (χ2v) is 7.19. The summed E-state index contributed by atoms with van der Waals surface area (Å²) in [5.74, 6) is 0.439. The minimum atomic E-state index is -0.173. The third-order valence-corrected chi connectivity index (χ3v) is 5.40. The number of rotatable bonds is 4. The smallest absolute Gasteiger partial charge is 0.258 e. The van der Waals surface area contributed by atoms with E-state index in [1.807, 2.05) is 24.3 Å². The number of anilines is 1. The Morgan fingerprint density at radius 2 is 1.75 bits per heavy atom. The fourth-order valence-electron chi connectivity index (χ4n) is 4.05. The van der Waals surface area contributed by atoms with Crippen molar-refractivity contribution in [3.8, 4) is 0 Å². The minimum Gasteiger partial charge on any atom is -0.326 e. The van der Waals surface area contributed by atoms with Gasteiger partial charge in [0, 0.05) is 23.9 Å². The lowest BCUT2D eigenvalue weighted by Crippen LogP contribution is -2.16. The third-order valence-electron chi connectivity index (χ3n) is 5.40. The van der Waals surface area contributed by atoms with Crippen molar-refractivity contribution in [2.75, 3.05) is 5.32 Å². The molecule has 2 N–H and O–H groups in total. The van der Waals surface area contributed by atoms with E-state index >= 15 is 0 Å². The molecule has 0 saturated carbocycles. The molecule has 5 nitrogen and oxygen atoms in total. The van der Waals surface area contributed by atoms with Gasteiger partial charge in [0.1, 0.15) is 5.82 Å². The van der Waals surface area contributed by atoms with Gasteiger partial charge in [0.05, 0.1) is 10.9 Å². The van der Waals surface area contributed by atoms with Gasteiger partial charge >= 0.3 is 0 Å². The zero-order valence-electron chi connectivity index (χ0n) is 15.3. The SMILES string of the molecule is O=C(CCc1nc2ccccc2c(=O)[nH]1)Nc1ccc2c3c(cccc13)CC2. The topological polar surface area (TPSA) is 74.8 Å². The van der Waals surface area contributed by atoms with Gasteiger partial charge in [0.2, 0.25) is 5.91 Å². The van der Waals surface area contributed by atoms with Crippen LogP contribution in [-0.2, 0) is 24.1 Å². The Morgan fingerprint density at radius 1 is 0.964 bits per heavy atom. The number of hydrogen-bond donors (Lipinski definition) is 2. The summed E-state index contributed by atoms with van der Waals surface area (Å²) in [5.41, 5.74) is 4.01. The highest BCUT2D eigenvalue weighted by molar-refractivity contribution is 6.05. The first kappa shape index (κ1) is 16.7. The molecule has 28 heavy (non-hydrogen) atoms. The van der Waals surface area contributed by atoms with E-state index in [0.29, 0.717) is 23.1 Å². The molecule has 1 amide bonds. The first-order valence-electron chi connectivity index (χ1n) is 9.50. The highest BCUT2D eigenvalue weighted by Crippen LogP contribution is 2.35. The normalized spacial score (nSPS) is 12.6. The number of carbonyl (C=O) groups is 1. The highest BCUT2D eigenvalue weighted by Gasteiger charge is 2.16. The van der Waals surface area contributed by atoms with E-state index in [-0.39, 0.29) is 17.9 Å². The summed E-state index contributed by atoms with van der Waals surface area (Å²) in [6, 6.07) is 17.6. The number of aromatic amines is 1. The van der Waals surface area contributed by atoms with Gasteiger partial charge in [-0.2, -0.15) is 0 Å². The molecule has 3 aromatic carbocycles. The second-order valence-electron chi connectivity index (χ2n) is 7.19. The van der Waals surface area contributed by atoms with E-state index in [1.54, 1.807) is 12.1 Å². The molecule has 138 valence electrons. The number of nitrogens with one attached hydrogen (secondary N) is 2. The van der Waals surface area contributed by atoms with Gasteiger partial charge in [0.25, 0.3) is 5.56 Å². The molecular formula is C23H19N3O2. The molecule has 0 aliphatic heterocycles. The molecule has 0 radical (unpaired) electrons. The fourth-order valence-corrected chi connectivity index (χ4v) is 4.05. The van der Waals surface area contributed by atoms with Crippen LogP contribution in [0.1, 0.15) is 23.4 Å². The summed E-state index contributed by atoms with van der Waals surface area (Å²) in [6.07, 6.45) is 2.76. The van der Waals surface area contributed by atoms with Gasteiger partial charge < -0.3 is 10.3 Å². The van der Waals surface area contributed by atoms with Gasteiger partial charge in [0.15, 0.2) is 0 Å². The number of amides is 1. The van der Waals surface area contributed by atoms with Gasteiger partial charge in [-0.05, 0) is 47.6 Å². The Kier molecular flexibility index (Phi) is 3.93. The number of aromatic nitrogens is 2. The van der Waals surface area contributed by atoms with Gasteiger partial charge in [-0.25, -0.2) is 4.98 Å². The zero-order chi connectivity index (χ0) is 19.1. The van der Waals surface area contributed by atoms with Crippen molar-refractivity contribution in [2.45, 2.75) is 25.7 Å². The Bertz CT molecular complexity index is 1280. The lowest BCUT2D eigenvalue weighted by atomic mass is 10.0. The van der Waals surface area contributed by atoms with E-state index in [4.69, 9.17) is 0 Å². The molecule has 0 unspecified atom stereocenters. The molecule has 0 bridgehead atoms. The van der Waals surface area contributed by atoms with Crippen LogP contribution in [0.25, 0.3) is 21.7 Å². The average Bonchev–Trinajstić information content (AvgIpc) is 3.13. The summed E-state index contributed by atoms with van der Waals surface area (Å²) in [6.45, 7) is 0. The molecule has 0 atom stereocenters. The van der Waals surface area contributed by atoms with E-state index in [2.05, 4.69) is 33.5 Å². The fraction of sp³-hybridized carbons (Fsp3) is 0.174. The number of H-pyrrole nitrogens is 1. The minimum absolute atomic E-state index is 0.0884. The van der Waals surface area contributed by atoms with E-state index < -0.39 is 0 Å². The Hall–Kier alpha value is -3.47. The first-order valence-corrected chi connectivity index (χ1v) is 9.50. The van der Waals surface area contributed by atoms with Crippen LogP contribution >= 0.6 is 0 Å². The number of aryl methyl sites for hydroxylation is 3. The molecule has 1 heterocycles. The van der Waals surface area contributed by atoms with Crippen molar-refractivity contribution < 1.29 is 4.79 Å². The highest BCUT2D eigenvalue weighted by atomic mass is 16.1. The van der Waals surface area contributed by atoms with E-state index in [1.165, 1.54) is 16.5 Å². The molecule has 0 fully saturated rings. The quantitative estimate of drug-likeness (QED) is 0.575. The Labute approximate surface area is 161 Å². The number of carbonyl (C=O) groups excluding carboxylic acids is 1. The van der Waals surface area contributed by atoms with Crippen LogP contribution in [0.3, 0.4) is 0 Å². The molecule has 4 aromatic rings. The van der Waals surface area contributed by atoms with E-state index in [0.717, 1.165) is 23.9 Å². The van der Waals surface area contributed by atoms with Crippen LogP contribution in [0.2, 0.25) is 0 Å². The lowest BCUT2D eigenvalue weighted by Gasteiger charge is -2.10. The number of fused-ring (bicyclic) bond motifs is 1. The maximum absolute atomic E-state index is 12.5. The zero-order valence-corrected chi connectivity index (χ0v) is 15.3. The molecular weight excluding hydrogens is 350 g/mol. The predicted molar refractivity (Wildman–Crippen MR) is 111 cm³/mol. The maximum atomic E-state index is 12.5. The number of benzene rings is 3. The molecule has 1 aliphatic rings. The largest absolute Gasteiger partial charge is 0.326 e. The van der Waals surface area contributed by atoms with Crippen LogP contribution in [0.15, 0.2) is 59.4 Å². The molecule has 1 aromatic heterocycles. The molecule has 5 rings (SSSR count). The maximum Gasteiger partial charge on any atom is 0.258 e. The third kappa shape index (κ3) is 2.85. The summed E-state index contributed by atoms with van der Waals surface area (Å²) in [7, 11) is 0. The first-order chi connectivity index (χ1) is 13.7. The van der Waals surface area contributed by atoms with Crippen molar-refractivity contribution in [1.82, 2.24) is 9.97 Å². The molecule has 5 heteroatoms. The van der Waals surface area contributed by atoms with Crippen LogP contribution in [0.5, 0.6) is 0 Å². The summed E-state index contributed by atoms with van der Waals surface area (Å²) < 4.78 is 0. The van der Waals surface area contributed by atoms with Crippen LogP contribution in [0.4, 0.5) is 5.69 Å². The summed E-state index contributed by atoms with van der Waals surface area (Å²) >= 11 is 0. The molecule has 0 saturated heterocycles. The number of nitrogens with zero attached hydrogens (tertiary/aromatic N) is 1. The Balaban J connectivity index is 1.35. The van der Waals surface area contributed by atoms with Gasteiger partial charge in [-0.1, -0.05) is 36.4 Å². The van der Waals surface area contributed by atoms with Gasteiger partial charge in [-0.3, -0.25) is 9.59 Å². The lowest BCUT2D eigenvalue weighted by molar-refractivity contribution is -0.116. The second kappa shape index (κ2) is 6.60. The number of hydrogen-bond acceptors (Lipinski definition) is 3. The van der Waals surface area contributed by atoms with Crippen molar-refractivity contribution in [3.63, 3.8) is 0 Å². The van der Waals surface area contributed by atoms with Crippen molar-refractivity contribution in [2.24, 2.45) is 0 Å².